The van der Waals surface area contributed by atoms with Gasteiger partial charge in [0.2, 0.25) is 0 Å². The van der Waals surface area contributed by atoms with E-state index in [4.69, 9.17) is 11.6 Å². The van der Waals surface area contributed by atoms with Gasteiger partial charge >= 0.3 is 11.9 Å². The normalized spacial score (nSPS) is 11.1. The number of carbonyl (C=O) groups is 2. The third-order valence-electron chi connectivity index (χ3n) is 1.78. The van der Waals surface area contributed by atoms with Gasteiger partial charge in [0.05, 0.1) is 11.6 Å². The van der Waals surface area contributed by atoms with Gasteiger partial charge in [0.25, 0.3) is 5.78 Å². The molecule has 0 N–H and O–H groups in total. The van der Waals surface area contributed by atoms with Crippen LogP contribution in [0.3, 0.4) is 0 Å². The Bertz CT molecular complexity index is 434. The van der Waals surface area contributed by atoms with Crippen molar-refractivity contribution in [2.75, 3.05) is 6.61 Å². The van der Waals surface area contributed by atoms with E-state index in [0.29, 0.717) is 0 Å². The Kier molecular flexibility index (Phi) is 4.11. The number of hydrogen-bond donors (Lipinski definition) is 0. The van der Waals surface area contributed by atoms with Crippen molar-refractivity contribution in [3.05, 3.63) is 29.0 Å². The highest BCUT2D eigenvalue weighted by Gasteiger charge is 2.49. The molecule has 1 rings (SSSR count). The van der Waals surface area contributed by atoms with Crippen molar-refractivity contribution in [1.82, 2.24) is 4.98 Å². The molecular weight excluding hydrogens is 256 g/mol. The Balaban J connectivity index is 2.95. The van der Waals surface area contributed by atoms with Gasteiger partial charge in [-0.2, -0.15) is 8.78 Å². The van der Waals surface area contributed by atoms with Crippen LogP contribution in [0.1, 0.15) is 17.4 Å². The summed E-state index contributed by atoms with van der Waals surface area (Å²) in [5.74, 6) is -7.84. The van der Waals surface area contributed by atoms with Crippen LogP contribution in [0.2, 0.25) is 5.02 Å². The van der Waals surface area contributed by atoms with Crippen LogP contribution in [0.5, 0.6) is 0 Å². The lowest BCUT2D eigenvalue weighted by atomic mass is 10.1. The molecule has 0 saturated heterocycles. The number of alkyl halides is 2. The van der Waals surface area contributed by atoms with Gasteiger partial charge in [-0.25, -0.2) is 4.79 Å². The smallest absolute Gasteiger partial charge is 0.405 e. The first-order valence-electron chi connectivity index (χ1n) is 4.61. The van der Waals surface area contributed by atoms with Crippen LogP contribution in [0.15, 0.2) is 18.3 Å². The minimum atomic E-state index is -4.24. The number of nitrogens with zero attached hydrogens (tertiary/aromatic N) is 1. The molecule has 1 aromatic rings. The number of pyridine rings is 1. The number of Topliss-reactive ketones (excluding diaryl/α,β-unsaturated/α-hetero) is 1. The fourth-order valence-electron chi connectivity index (χ4n) is 0.985. The van der Waals surface area contributed by atoms with Gasteiger partial charge in [-0.15, -0.1) is 0 Å². The molecule has 0 aromatic carbocycles. The molecule has 0 spiro atoms. The average Bonchev–Trinajstić information content (AvgIpc) is 2.29. The van der Waals surface area contributed by atoms with Crippen LogP contribution >= 0.6 is 11.6 Å². The Morgan fingerprint density at radius 2 is 2.12 bits per heavy atom. The number of aromatic nitrogens is 1. The zero-order valence-electron chi connectivity index (χ0n) is 8.75. The van der Waals surface area contributed by atoms with Gasteiger partial charge in [0.15, 0.2) is 0 Å². The van der Waals surface area contributed by atoms with Gasteiger partial charge < -0.3 is 4.74 Å². The second-order valence-corrected chi connectivity index (χ2v) is 3.42. The molecule has 92 valence electrons. The van der Waals surface area contributed by atoms with Gasteiger partial charge in [0, 0.05) is 6.20 Å². The first kappa shape index (κ1) is 13.5. The predicted molar refractivity (Wildman–Crippen MR) is 55.2 cm³/mol. The van der Waals surface area contributed by atoms with E-state index in [1.54, 1.807) is 0 Å². The van der Waals surface area contributed by atoms with Crippen molar-refractivity contribution in [1.29, 1.82) is 0 Å². The minimum absolute atomic E-state index is 0.195. The van der Waals surface area contributed by atoms with Crippen LogP contribution in [0.4, 0.5) is 8.78 Å². The fraction of sp³-hybridized carbons (Fsp3) is 0.300. The number of carbonyl (C=O) groups excluding carboxylic acids is 2. The molecule has 0 amide bonds. The Morgan fingerprint density at radius 3 is 2.59 bits per heavy atom. The van der Waals surface area contributed by atoms with Crippen LogP contribution in [0, 0.1) is 0 Å². The third kappa shape index (κ3) is 2.97. The molecule has 17 heavy (non-hydrogen) atoms. The maximum absolute atomic E-state index is 13.3. The van der Waals surface area contributed by atoms with Crippen molar-refractivity contribution >= 4 is 23.4 Å². The van der Waals surface area contributed by atoms with Crippen LogP contribution in [-0.2, 0) is 9.53 Å². The van der Waals surface area contributed by atoms with E-state index in [1.807, 2.05) is 0 Å². The standard InChI is InChI=1S/C10H8ClF2NO3/c1-2-17-9(16)10(12,13)8(15)7-4-3-6(11)5-14-7/h3-5H,2H2,1H3. The van der Waals surface area contributed by atoms with Gasteiger partial charge in [-0.05, 0) is 19.1 Å². The molecule has 0 radical (unpaired) electrons. The Hall–Kier alpha value is -1.56. The number of esters is 1. The van der Waals surface area contributed by atoms with Crippen molar-refractivity contribution in [3.63, 3.8) is 0 Å². The molecule has 1 heterocycles. The highest BCUT2D eigenvalue weighted by atomic mass is 35.5. The number of rotatable bonds is 4. The van der Waals surface area contributed by atoms with Gasteiger partial charge in [-0.3, -0.25) is 9.78 Å². The molecule has 0 fully saturated rings. The summed E-state index contributed by atoms with van der Waals surface area (Å²) in [5, 5.41) is 0.195. The van der Waals surface area contributed by atoms with Crippen molar-refractivity contribution in [2.24, 2.45) is 0 Å². The van der Waals surface area contributed by atoms with E-state index in [2.05, 4.69) is 9.72 Å². The maximum Gasteiger partial charge on any atom is 0.405 e. The molecule has 1 aromatic heterocycles. The average molecular weight is 264 g/mol. The molecule has 0 atom stereocenters. The van der Waals surface area contributed by atoms with Crippen molar-refractivity contribution < 1.29 is 23.1 Å². The summed E-state index contributed by atoms with van der Waals surface area (Å²) >= 11 is 5.49. The number of ketones is 1. The molecule has 7 heteroatoms. The van der Waals surface area contributed by atoms with Gasteiger partial charge in [0.1, 0.15) is 5.69 Å². The number of ether oxygens (including phenoxy) is 1. The van der Waals surface area contributed by atoms with E-state index in [9.17, 15) is 18.4 Å². The molecule has 0 aliphatic carbocycles. The molecule has 0 bridgehead atoms. The Morgan fingerprint density at radius 1 is 1.47 bits per heavy atom. The van der Waals surface area contributed by atoms with E-state index >= 15 is 0 Å². The summed E-state index contributed by atoms with van der Waals surface area (Å²) in [6.07, 6.45) is 1.04. The molecule has 0 aliphatic rings. The summed E-state index contributed by atoms with van der Waals surface area (Å²) in [6.45, 7) is 1.12. The van der Waals surface area contributed by atoms with Crippen molar-refractivity contribution in [2.45, 2.75) is 12.8 Å². The van der Waals surface area contributed by atoms with Crippen LogP contribution in [-0.4, -0.2) is 29.3 Å². The number of hydrogen-bond acceptors (Lipinski definition) is 4. The minimum Gasteiger partial charge on any atom is -0.461 e. The lowest BCUT2D eigenvalue weighted by Crippen LogP contribution is -2.39. The maximum atomic E-state index is 13.3. The highest BCUT2D eigenvalue weighted by Crippen LogP contribution is 2.21. The zero-order valence-corrected chi connectivity index (χ0v) is 9.50. The first-order chi connectivity index (χ1) is 7.89. The topological polar surface area (TPSA) is 56.3 Å². The quantitative estimate of drug-likeness (QED) is 0.474. The van der Waals surface area contributed by atoms with E-state index in [0.717, 1.165) is 12.3 Å². The van der Waals surface area contributed by atoms with Crippen LogP contribution < -0.4 is 0 Å². The van der Waals surface area contributed by atoms with E-state index in [1.165, 1.54) is 13.0 Å². The van der Waals surface area contributed by atoms with Crippen LogP contribution in [0.25, 0.3) is 0 Å². The van der Waals surface area contributed by atoms with Gasteiger partial charge in [-0.1, -0.05) is 11.6 Å². The summed E-state index contributed by atoms with van der Waals surface area (Å²) in [6, 6.07) is 2.24. The van der Waals surface area contributed by atoms with E-state index < -0.39 is 23.4 Å². The number of halogens is 3. The lowest BCUT2D eigenvalue weighted by Gasteiger charge is -2.12. The summed E-state index contributed by atoms with van der Waals surface area (Å²) in [4.78, 5) is 25.7. The predicted octanol–water partition coefficient (Wildman–Crippen LogP) is 2.12. The SMILES string of the molecule is CCOC(=O)C(F)(F)C(=O)c1ccc(Cl)cn1. The molecule has 0 unspecified atom stereocenters. The molecule has 0 aliphatic heterocycles. The largest absolute Gasteiger partial charge is 0.461 e. The second kappa shape index (κ2) is 5.18. The lowest BCUT2D eigenvalue weighted by molar-refractivity contribution is -0.164. The summed E-state index contributed by atoms with van der Waals surface area (Å²) in [5.41, 5.74) is -0.549. The molecule has 4 nitrogen and oxygen atoms in total. The summed E-state index contributed by atoms with van der Waals surface area (Å²) in [7, 11) is 0. The fourth-order valence-corrected chi connectivity index (χ4v) is 1.10. The molecule has 0 saturated carbocycles. The van der Waals surface area contributed by atoms with Crippen molar-refractivity contribution in [3.8, 4) is 0 Å². The monoisotopic (exact) mass is 263 g/mol. The second-order valence-electron chi connectivity index (χ2n) is 2.99. The molecular formula is C10H8ClF2NO3. The van der Waals surface area contributed by atoms with E-state index in [-0.39, 0.29) is 11.6 Å². The zero-order chi connectivity index (χ0) is 13.1. The highest BCUT2D eigenvalue weighted by molar-refractivity contribution is 6.30. The Labute approximate surface area is 101 Å². The first-order valence-corrected chi connectivity index (χ1v) is 4.98. The summed E-state index contributed by atoms with van der Waals surface area (Å²) < 4.78 is 30.7. The third-order valence-corrected chi connectivity index (χ3v) is 2.00.